The van der Waals surface area contributed by atoms with Gasteiger partial charge in [-0.2, -0.15) is 0 Å². The first-order valence-corrected chi connectivity index (χ1v) is 6.50. The highest BCUT2D eigenvalue weighted by Crippen LogP contribution is 2.39. The van der Waals surface area contributed by atoms with Gasteiger partial charge in [-0.05, 0) is 29.8 Å². The lowest BCUT2D eigenvalue weighted by Gasteiger charge is -2.31. The highest BCUT2D eigenvalue weighted by Gasteiger charge is 2.36. The normalized spacial score (nSPS) is 21.6. The van der Waals surface area contributed by atoms with E-state index in [4.69, 9.17) is 0 Å². The summed E-state index contributed by atoms with van der Waals surface area (Å²) in [5, 5.41) is 21.6. The summed E-state index contributed by atoms with van der Waals surface area (Å²) in [4.78, 5) is 0. The summed E-state index contributed by atoms with van der Waals surface area (Å²) in [6.07, 6.45) is 7.73. The van der Waals surface area contributed by atoms with E-state index in [9.17, 15) is 5.11 Å². The average molecular weight is 265 g/mol. The van der Waals surface area contributed by atoms with E-state index < -0.39 is 5.41 Å². The Hall–Kier alpha value is -2.49. The molecule has 0 saturated heterocycles. The van der Waals surface area contributed by atoms with Crippen molar-refractivity contribution in [1.29, 1.82) is 0 Å². The summed E-state index contributed by atoms with van der Waals surface area (Å²) in [6.45, 7) is 2.05. The van der Waals surface area contributed by atoms with Gasteiger partial charge >= 0.3 is 0 Å². The molecule has 0 spiro atoms. The molecule has 0 amide bonds. The van der Waals surface area contributed by atoms with E-state index in [1.807, 2.05) is 12.1 Å². The van der Waals surface area contributed by atoms with Gasteiger partial charge in [0.15, 0.2) is 0 Å². The molecule has 1 aromatic carbocycles. The van der Waals surface area contributed by atoms with Gasteiger partial charge in [0.2, 0.25) is 0 Å². The van der Waals surface area contributed by atoms with Crippen molar-refractivity contribution < 1.29 is 5.11 Å². The van der Waals surface area contributed by atoms with Crippen molar-refractivity contribution in [2.24, 2.45) is 0 Å². The molecule has 1 aromatic heterocycles. The molecule has 1 aliphatic carbocycles. The number of aryl methyl sites for hydroxylation is 1. The average Bonchev–Trinajstić information content (AvgIpc) is 2.49. The Morgan fingerprint density at radius 2 is 1.95 bits per heavy atom. The molecule has 0 aliphatic heterocycles. The molecule has 1 aliphatic rings. The maximum absolute atomic E-state index is 9.97. The van der Waals surface area contributed by atoms with Crippen LogP contribution in [0.3, 0.4) is 0 Å². The maximum Gasteiger partial charge on any atom is 0.0938 e. The zero-order valence-corrected chi connectivity index (χ0v) is 11.2. The second kappa shape index (κ2) is 4.89. The third-order valence-electron chi connectivity index (χ3n) is 3.66. The first kappa shape index (κ1) is 12.5. The molecular weight excluding hydrogens is 250 g/mol. The van der Waals surface area contributed by atoms with Crippen LogP contribution in [-0.4, -0.2) is 20.5 Å². The molecule has 0 radical (unpaired) electrons. The van der Waals surface area contributed by atoms with Crippen LogP contribution in [0.2, 0.25) is 0 Å². The minimum Gasteiger partial charge on any atom is -0.512 e. The lowest BCUT2D eigenvalue weighted by molar-refractivity contribution is 0.357. The molecule has 0 fully saturated rings. The monoisotopic (exact) mass is 265 g/mol. The second-order valence-electron chi connectivity index (χ2n) is 5.04. The van der Waals surface area contributed by atoms with Gasteiger partial charge in [0.1, 0.15) is 0 Å². The molecule has 0 saturated carbocycles. The molecule has 1 N–H and O–H groups in total. The number of hydrogen-bond acceptors (Lipinski definition) is 4. The molecule has 1 atom stereocenters. The van der Waals surface area contributed by atoms with E-state index in [0.29, 0.717) is 12.2 Å². The van der Waals surface area contributed by atoms with Crippen molar-refractivity contribution in [3.63, 3.8) is 0 Å². The van der Waals surface area contributed by atoms with Crippen molar-refractivity contribution in [3.8, 4) is 0 Å². The van der Waals surface area contributed by atoms with Crippen molar-refractivity contribution >= 4 is 0 Å². The maximum atomic E-state index is 9.97. The van der Waals surface area contributed by atoms with Gasteiger partial charge in [-0.3, -0.25) is 0 Å². The standard InChI is InChI=1S/C16H15N3O/c1-12-4-6-13(7-5-12)16(9-2-3-14(20)11-16)15-8-10-17-19-18-15/h2-10,20H,11H2,1H3. The molecule has 4 nitrogen and oxygen atoms in total. The summed E-state index contributed by atoms with van der Waals surface area (Å²) in [5.41, 5.74) is 2.58. The van der Waals surface area contributed by atoms with Crippen LogP contribution in [0.4, 0.5) is 0 Å². The predicted octanol–water partition coefficient (Wildman–Crippen LogP) is 2.87. The van der Waals surface area contributed by atoms with Crippen molar-refractivity contribution in [1.82, 2.24) is 15.4 Å². The second-order valence-corrected chi connectivity index (χ2v) is 5.04. The first-order chi connectivity index (χ1) is 9.71. The van der Waals surface area contributed by atoms with E-state index in [-0.39, 0.29) is 0 Å². The molecule has 100 valence electrons. The van der Waals surface area contributed by atoms with Crippen molar-refractivity contribution in [2.75, 3.05) is 0 Å². The quantitative estimate of drug-likeness (QED) is 0.907. The Morgan fingerprint density at radius 3 is 2.60 bits per heavy atom. The van der Waals surface area contributed by atoms with Gasteiger partial charge in [0, 0.05) is 6.42 Å². The Balaban J connectivity index is 2.17. The highest BCUT2D eigenvalue weighted by atomic mass is 16.3. The molecule has 20 heavy (non-hydrogen) atoms. The van der Waals surface area contributed by atoms with E-state index >= 15 is 0 Å². The largest absolute Gasteiger partial charge is 0.512 e. The number of aliphatic hydroxyl groups is 1. The van der Waals surface area contributed by atoms with Gasteiger partial charge < -0.3 is 5.11 Å². The lowest BCUT2D eigenvalue weighted by Crippen LogP contribution is -2.29. The molecule has 2 aromatic rings. The zero-order valence-electron chi connectivity index (χ0n) is 11.2. The fourth-order valence-corrected chi connectivity index (χ4v) is 2.58. The number of benzene rings is 1. The van der Waals surface area contributed by atoms with E-state index in [1.54, 1.807) is 12.3 Å². The van der Waals surface area contributed by atoms with Gasteiger partial charge in [0.05, 0.1) is 23.1 Å². The Morgan fingerprint density at radius 1 is 1.15 bits per heavy atom. The summed E-state index contributed by atoms with van der Waals surface area (Å²) < 4.78 is 0. The fourth-order valence-electron chi connectivity index (χ4n) is 2.58. The minimum atomic E-state index is -0.484. The number of aliphatic hydroxyl groups excluding tert-OH is 1. The molecule has 4 heteroatoms. The van der Waals surface area contributed by atoms with Crippen LogP contribution in [-0.2, 0) is 5.41 Å². The molecule has 0 bridgehead atoms. The third-order valence-corrected chi connectivity index (χ3v) is 3.66. The van der Waals surface area contributed by atoms with Gasteiger partial charge in [-0.15, -0.1) is 10.2 Å². The van der Waals surface area contributed by atoms with Crippen molar-refractivity contribution in [3.05, 3.63) is 77.3 Å². The van der Waals surface area contributed by atoms with Gasteiger partial charge in [0.25, 0.3) is 0 Å². The summed E-state index contributed by atoms with van der Waals surface area (Å²) in [7, 11) is 0. The minimum absolute atomic E-state index is 0.340. The van der Waals surface area contributed by atoms with Crippen LogP contribution in [0.15, 0.2) is 60.5 Å². The molecule has 1 heterocycles. The van der Waals surface area contributed by atoms with Crippen LogP contribution >= 0.6 is 0 Å². The van der Waals surface area contributed by atoms with Crippen LogP contribution in [0, 0.1) is 6.92 Å². The number of nitrogens with zero attached hydrogens (tertiary/aromatic N) is 3. The summed E-state index contributed by atoms with van der Waals surface area (Å²) in [5.74, 6) is 0.340. The molecular formula is C16H15N3O. The predicted molar refractivity (Wildman–Crippen MR) is 76.3 cm³/mol. The van der Waals surface area contributed by atoms with E-state index in [2.05, 4.69) is 52.7 Å². The zero-order chi connectivity index (χ0) is 14.0. The number of rotatable bonds is 2. The summed E-state index contributed by atoms with van der Waals surface area (Å²) >= 11 is 0. The molecule has 1 unspecified atom stereocenters. The van der Waals surface area contributed by atoms with Crippen LogP contribution in [0.5, 0.6) is 0 Å². The van der Waals surface area contributed by atoms with Crippen LogP contribution < -0.4 is 0 Å². The third kappa shape index (κ3) is 2.09. The highest BCUT2D eigenvalue weighted by molar-refractivity contribution is 5.45. The van der Waals surface area contributed by atoms with E-state index in [1.165, 1.54) is 5.56 Å². The Bertz CT molecular complexity index is 662. The van der Waals surface area contributed by atoms with Gasteiger partial charge in [-0.1, -0.05) is 42.0 Å². The first-order valence-electron chi connectivity index (χ1n) is 6.50. The Labute approximate surface area is 117 Å². The SMILES string of the molecule is Cc1ccc(C2(c3ccnnn3)C=CC=C(O)C2)cc1. The van der Waals surface area contributed by atoms with Crippen molar-refractivity contribution in [2.45, 2.75) is 18.8 Å². The topological polar surface area (TPSA) is 58.9 Å². The van der Waals surface area contributed by atoms with E-state index in [0.717, 1.165) is 11.3 Å². The lowest BCUT2D eigenvalue weighted by atomic mass is 9.72. The van der Waals surface area contributed by atoms with Crippen LogP contribution in [0.1, 0.15) is 23.2 Å². The fraction of sp³-hybridized carbons (Fsp3) is 0.188. The molecule has 3 rings (SSSR count). The smallest absolute Gasteiger partial charge is 0.0938 e. The number of allylic oxidation sites excluding steroid dienone is 4. The summed E-state index contributed by atoms with van der Waals surface area (Å²) in [6, 6.07) is 10.1. The van der Waals surface area contributed by atoms with Crippen LogP contribution in [0.25, 0.3) is 0 Å². The van der Waals surface area contributed by atoms with Gasteiger partial charge in [-0.25, -0.2) is 0 Å². The Kier molecular flexibility index (Phi) is 3.06. The number of aromatic nitrogens is 3. The number of hydrogen-bond donors (Lipinski definition) is 1.